The molecule has 0 spiro atoms. The number of aromatic nitrogens is 2. The topological polar surface area (TPSA) is 70.5 Å². The predicted octanol–water partition coefficient (Wildman–Crippen LogP) is 6.69. The van der Waals surface area contributed by atoms with E-state index in [9.17, 15) is 4.79 Å². The molecule has 8 heteroatoms. The number of hydrogen-bond acceptors (Lipinski definition) is 6. The summed E-state index contributed by atoms with van der Waals surface area (Å²) < 4.78 is 17.7. The van der Waals surface area contributed by atoms with Crippen molar-refractivity contribution in [2.45, 2.75) is 70.8 Å². The van der Waals surface area contributed by atoms with E-state index in [1.807, 2.05) is 6.92 Å². The van der Waals surface area contributed by atoms with E-state index in [-0.39, 0.29) is 28.6 Å². The third kappa shape index (κ3) is 11.7. The zero-order chi connectivity index (χ0) is 25.7. The Morgan fingerprint density at radius 1 is 1.00 bits per heavy atom. The van der Waals surface area contributed by atoms with Crippen LogP contribution in [0.3, 0.4) is 0 Å². The van der Waals surface area contributed by atoms with Gasteiger partial charge in [-0.25, -0.2) is 9.78 Å². The summed E-state index contributed by atoms with van der Waals surface area (Å²) in [6, 6.07) is 6.52. The van der Waals surface area contributed by atoms with Crippen molar-refractivity contribution in [2.75, 3.05) is 34.8 Å². The molecule has 1 heterocycles. The summed E-state index contributed by atoms with van der Waals surface area (Å²) in [5, 5.41) is 0.251. The largest absolute Gasteiger partial charge is 0.497 e. The van der Waals surface area contributed by atoms with Gasteiger partial charge in [-0.2, -0.15) is 4.98 Å². The fourth-order valence-corrected chi connectivity index (χ4v) is 3.86. The number of unbranched alkanes of at least 4 members (excludes halogenated alkanes) is 7. The first-order chi connectivity index (χ1) is 16.7. The molecule has 1 unspecified atom stereocenters. The Balaban J connectivity index is 1.74. The highest BCUT2D eigenvalue weighted by atomic mass is 35.5. The van der Waals surface area contributed by atoms with E-state index in [0.717, 1.165) is 23.7 Å². The van der Waals surface area contributed by atoms with Crippen LogP contribution in [0.15, 0.2) is 30.5 Å². The molecule has 0 saturated heterocycles. The number of ether oxygens (including phenoxy) is 3. The van der Waals surface area contributed by atoms with Crippen LogP contribution in [0, 0.1) is 0 Å². The average Bonchev–Trinajstić information content (AvgIpc) is 2.79. The number of esters is 1. The molecule has 0 bridgehead atoms. The lowest BCUT2D eigenvalue weighted by atomic mass is 10.1. The van der Waals surface area contributed by atoms with Crippen molar-refractivity contribution in [1.82, 2.24) is 9.97 Å². The predicted molar refractivity (Wildman–Crippen MR) is 139 cm³/mol. The molecule has 2 aromatic rings. The number of carbonyl (C=O) groups is 1. The van der Waals surface area contributed by atoms with Gasteiger partial charge in [0.05, 0.1) is 40.9 Å². The Morgan fingerprint density at radius 2 is 1.66 bits per heavy atom. The maximum absolute atomic E-state index is 12.9. The SMILES string of the molecule is COc1ccc(Oc2nccc(Cl)n2)c(C(=O)OC(C)CCCCCCCCCC[N+](C)(C)C)c1. The second kappa shape index (κ2) is 14.9. The summed E-state index contributed by atoms with van der Waals surface area (Å²) in [5.74, 6) is 0.343. The van der Waals surface area contributed by atoms with Crippen molar-refractivity contribution in [3.8, 4) is 17.5 Å². The van der Waals surface area contributed by atoms with Crippen LogP contribution >= 0.6 is 11.6 Å². The molecule has 1 aromatic carbocycles. The van der Waals surface area contributed by atoms with Crippen LogP contribution in [0.4, 0.5) is 0 Å². The molecular formula is C27H41ClN3O4+. The van der Waals surface area contributed by atoms with Gasteiger partial charge < -0.3 is 18.7 Å². The molecule has 7 nitrogen and oxygen atoms in total. The number of hydrogen-bond donors (Lipinski definition) is 0. The number of halogens is 1. The molecule has 35 heavy (non-hydrogen) atoms. The third-order valence-corrected chi connectivity index (χ3v) is 5.92. The lowest BCUT2D eigenvalue weighted by molar-refractivity contribution is -0.870. The Hall–Kier alpha value is -2.38. The van der Waals surface area contributed by atoms with Gasteiger partial charge in [0.25, 0.3) is 0 Å². The second-order valence-corrected chi connectivity index (χ2v) is 10.4. The fraction of sp³-hybridized carbons (Fsp3) is 0.593. The molecule has 0 aliphatic rings. The van der Waals surface area contributed by atoms with Crippen LogP contribution in [-0.4, -0.2) is 61.3 Å². The van der Waals surface area contributed by atoms with Crippen molar-refractivity contribution in [1.29, 1.82) is 0 Å². The van der Waals surface area contributed by atoms with Crippen molar-refractivity contribution in [2.24, 2.45) is 0 Å². The van der Waals surface area contributed by atoms with Gasteiger partial charge in [0.1, 0.15) is 22.2 Å². The zero-order valence-electron chi connectivity index (χ0n) is 21.9. The van der Waals surface area contributed by atoms with E-state index in [0.29, 0.717) is 5.75 Å². The minimum absolute atomic E-state index is 0.0538. The van der Waals surface area contributed by atoms with Crippen LogP contribution in [-0.2, 0) is 4.74 Å². The normalized spacial score (nSPS) is 12.3. The lowest BCUT2D eigenvalue weighted by Crippen LogP contribution is -2.35. The van der Waals surface area contributed by atoms with E-state index in [1.54, 1.807) is 31.4 Å². The van der Waals surface area contributed by atoms with Crippen molar-refractivity contribution < 1.29 is 23.5 Å². The van der Waals surface area contributed by atoms with Gasteiger partial charge >= 0.3 is 12.0 Å². The van der Waals surface area contributed by atoms with E-state index >= 15 is 0 Å². The summed E-state index contributed by atoms with van der Waals surface area (Å²) in [7, 11) is 8.28. The first kappa shape index (κ1) is 28.9. The molecule has 2 rings (SSSR count). The van der Waals surface area contributed by atoms with Crippen LogP contribution in [0.25, 0.3) is 0 Å². The number of methoxy groups -OCH3 is 1. The highest BCUT2D eigenvalue weighted by Gasteiger charge is 2.19. The van der Waals surface area contributed by atoms with E-state index < -0.39 is 5.97 Å². The van der Waals surface area contributed by atoms with Gasteiger partial charge in [-0.15, -0.1) is 0 Å². The maximum atomic E-state index is 12.9. The third-order valence-electron chi connectivity index (χ3n) is 5.71. The standard InChI is InChI=1S/C27H41ClN3O4/c1-21(14-12-10-8-6-7-9-11-13-19-31(2,3)4)34-26(32)23-20-22(33-5)15-16-24(23)35-27-29-18-17-25(28)30-27/h15-18,20-21H,6-14,19H2,1-5H3/q+1. The molecule has 0 amide bonds. The van der Waals surface area contributed by atoms with Crippen molar-refractivity contribution in [3.63, 3.8) is 0 Å². The van der Waals surface area contributed by atoms with Gasteiger partial charge in [0.15, 0.2) is 0 Å². The first-order valence-electron chi connectivity index (χ1n) is 12.5. The molecule has 0 radical (unpaired) electrons. The Kier molecular flexibility index (Phi) is 12.3. The molecule has 0 N–H and O–H groups in total. The van der Waals surface area contributed by atoms with Gasteiger partial charge in [-0.05, 0) is 56.9 Å². The quantitative estimate of drug-likeness (QED) is 0.109. The molecule has 0 fully saturated rings. The lowest BCUT2D eigenvalue weighted by Gasteiger charge is -2.23. The minimum atomic E-state index is -0.470. The molecule has 194 valence electrons. The molecule has 0 saturated carbocycles. The monoisotopic (exact) mass is 506 g/mol. The fourth-order valence-electron chi connectivity index (χ4n) is 3.74. The molecule has 0 aliphatic heterocycles. The summed E-state index contributed by atoms with van der Waals surface area (Å²) in [5.41, 5.74) is 0.255. The van der Waals surface area contributed by atoms with Gasteiger partial charge in [-0.3, -0.25) is 0 Å². The molecule has 0 aliphatic carbocycles. The van der Waals surface area contributed by atoms with Crippen LogP contribution in [0.1, 0.15) is 75.1 Å². The van der Waals surface area contributed by atoms with Crippen molar-refractivity contribution >= 4 is 17.6 Å². The van der Waals surface area contributed by atoms with E-state index in [4.69, 9.17) is 25.8 Å². The molecular weight excluding hydrogens is 466 g/mol. The smallest absolute Gasteiger partial charge is 0.342 e. The highest BCUT2D eigenvalue weighted by molar-refractivity contribution is 6.29. The Bertz CT molecular complexity index is 918. The number of carbonyl (C=O) groups excluding carboxylic acids is 1. The van der Waals surface area contributed by atoms with Gasteiger partial charge in [-0.1, -0.05) is 43.7 Å². The van der Waals surface area contributed by atoms with Crippen LogP contribution in [0.5, 0.6) is 17.5 Å². The first-order valence-corrected chi connectivity index (χ1v) is 12.9. The average molecular weight is 507 g/mol. The van der Waals surface area contributed by atoms with Gasteiger partial charge in [0, 0.05) is 6.20 Å². The Morgan fingerprint density at radius 3 is 2.29 bits per heavy atom. The zero-order valence-corrected chi connectivity index (χ0v) is 22.6. The number of quaternary nitrogens is 1. The highest BCUT2D eigenvalue weighted by Crippen LogP contribution is 2.29. The number of benzene rings is 1. The Labute approximate surface area is 215 Å². The second-order valence-electron chi connectivity index (χ2n) is 9.97. The minimum Gasteiger partial charge on any atom is -0.497 e. The summed E-state index contributed by atoms with van der Waals surface area (Å²) >= 11 is 5.91. The van der Waals surface area contributed by atoms with E-state index in [1.165, 1.54) is 51.3 Å². The maximum Gasteiger partial charge on any atom is 0.342 e. The van der Waals surface area contributed by atoms with Crippen LogP contribution < -0.4 is 9.47 Å². The summed E-state index contributed by atoms with van der Waals surface area (Å²) in [4.78, 5) is 20.9. The summed E-state index contributed by atoms with van der Waals surface area (Å²) in [6.45, 7) is 3.17. The molecule has 1 atom stereocenters. The number of rotatable bonds is 16. The van der Waals surface area contributed by atoms with Gasteiger partial charge in [0.2, 0.25) is 0 Å². The van der Waals surface area contributed by atoms with Crippen molar-refractivity contribution in [3.05, 3.63) is 41.2 Å². The number of nitrogens with zero attached hydrogens (tertiary/aromatic N) is 3. The molecule has 1 aromatic heterocycles. The summed E-state index contributed by atoms with van der Waals surface area (Å²) in [6.07, 6.45) is 12.1. The van der Waals surface area contributed by atoms with E-state index in [2.05, 4.69) is 31.1 Å². The van der Waals surface area contributed by atoms with Crippen LogP contribution in [0.2, 0.25) is 5.15 Å².